The number of carbonyl (C=O) groups is 3. The maximum absolute atomic E-state index is 12.4. The molecule has 2 aliphatic rings. The molecule has 0 aliphatic carbocycles. The van der Waals surface area contributed by atoms with Gasteiger partial charge in [-0.05, 0) is 146 Å². The molecule has 0 aromatic heterocycles. The zero-order chi connectivity index (χ0) is 33.1. The predicted molar refractivity (Wildman–Crippen MR) is 179 cm³/mol. The average Bonchev–Trinajstić information content (AvgIpc) is 2.99. The standard InChI is InChI=1S/C21H29NO4.C16H21NO2/c1-15-13-17(9-10-19(23)22-11-7-6-8-12-22)18(14-16(15)2)25-20(24)26-21(3,4)5;1-12-10-14(15(18)11-13(12)2)6-7-16(19)17-8-4-3-5-9-17/h9-10,13-14H,6-8,11-12H2,1-5H3;6-7,10-11,18H,3-5,8-9H2,1-2H3/b10-9+;7-6+. The highest BCUT2D eigenvalue weighted by Gasteiger charge is 2.20. The minimum Gasteiger partial charge on any atom is -0.507 e. The maximum atomic E-state index is 12.4. The maximum Gasteiger partial charge on any atom is 0.514 e. The Morgan fingerprint density at radius 1 is 0.667 bits per heavy atom. The number of ether oxygens (including phenoxy) is 2. The number of rotatable bonds is 5. The summed E-state index contributed by atoms with van der Waals surface area (Å²) in [7, 11) is 0. The first kappa shape index (κ1) is 35.4. The van der Waals surface area contributed by atoms with Gasteiger partial charge in [0.05, 0.1) is 0 Å². The molecule has 1 N–H and O–H groups in total. The van der Waals surface area contributed by atoms with Crippen molar-refractivity contribution in [1.29, 1.82) is 0 Å². The molecule has 0 unspecified atom stereocenters. The predicted octanol–water partition coefficient (Wildman–Crippen LogP) is 7.68. The second-order valence-electron chi connectivity index (χ2n) is 13.0. The van der Waals surface area contributed by atoms with Crippen LogP contribution in [0.25, 0.3) is 12.2 Å². The lowest BCUT2D eigenvalue weighted by Gasteiger charge is -2.25. The molecule has 2 aliphatic heterocycles. The second-order valence-corrected chi connectivity index (χ2v) is 13.0. The van der Waals surface area contributed by atoms with Gasteiger partial charge < -0.3 is 24.4 Å². The van der Waals surface area contributed by atoms with Crippen LogP contribution in [0.15, 0.2) is 36.4 Å². The third-order valence-electron chi connectivity index (χ3n) is 8.00. The van der Waals surface area contributed by atoms with Crippen molar-refractivity contribution >= 4 is 30.1 Å². The van der Waals surface area contributed by atoms with E-state index in [4.69, 9.17) is 9.47 Å². The molecule has 0 saturated carbocycles. The molecule has 0 spiro atoms. The van der Waals surface area contributed by atoms with Crippen LogP contribution in [-0.2, 0) is 14.3 Å². The highest BCUT2D eigenvalue weighted by Crippen LogP contribution is 2.26. The van der Waals surface area contributed by atoms with Crippen molar-refractivity contribution in [2.75, 3.05) is 26.2 Å². The number of piperidine rings is 2. The van der Waals surface area contributed by atoms with Crippen molar-refractivity contribution in [3.8, 4) is 11.5 Å². The summed E-state index contributed by atoms with van der Waals surface area (Å²) in [5.74, 6) is 0.652. The van der Waals surface area contributed by atoms with Gasteiger partial charge in [0.1, 0.15) is 17.1 Å². The lowest BCUT2D eigenvalue weighted by molar-refractivity contribution is -0.127. The van der Waals surface area contributed by atoms with E-state index in [2.05, 4.69) is 0 Å². The number of aromatic hydroxyl groups is 1. The van der Waals surface area contributed by atoms with Gasteiger partial charge >= 0.3 is 6.16 Å². The van der Waals surface area contributed by atoms with Gasteiger partial charge in [-0.15, -0.1) is 0 Å². The first-order valence-corrected chi connectivity index (χ1v) is 16.0. The number of phenols is 1. The molecule has 0 atom stereocenters. The van der Waals surface area contributed by atoms with E-state index in [1.54, 1.807) is 57.2 Å². The molecule has 45 heavy (non-hydrogen) atoms. The number of nitrogens with zero attached hydrogens (tertiary/aromatic N) is 2. The molecule has 2 heterocycles. The molecule has 2 aromatic rings. The highest BCUT2D eigenvalue weighted by molar-refractivity contribution is 5.93. The van der Waals surface area contributed by atoms with E-state index >= 15 is 0 Å². The zero-order valence-electron chi connectivity index (χ0n) is 28.1. The Kier molecular flexibility index (Phi) is 12.8. The van der Waals surface area contributed by atoms with Gasteiger partial charge in [-0.25, -0.2) is 4.79 Å². The Morgan fingerprint density at radius 3 is 1.58 bits per heavy atom. The van der Waals surface area contributed by atoms with Crippen molar-refractivity contribution < 1.29 is 29.0 Å². The van der Waals surface area contributed by atoms with Gasteiger partial charge in [-0.1, -0.05) is 0 Å². The molecular formula is C37H50N2O6. The molecule has 2 aromatic carbocycles. The Hall–Kier alpha value is -4.07. The van der Waals surface area contributed by atoms with Gasteiger partial charge in [-0.2, -0.15) is 0 Å². The highest BCUT2D eigenvalue weighted by atomic mass is 16.7. The minimum atomic E-state index is -0.752. The first-order valence-electron chi connectivity index (χ1n) is 16.0. The minimum absolute atomic E-state index is 0.00820. The van der Waals surface area contributed by atoms with Crippen LogP contribution in [0.4, 0.5) is 4.79 Å². The quantitative estimate of drug-likeness (QED) is 0.210. The van der Waals surface area contributed by atoms with Crippen molar-refractivity contribution in [3.05, 3.63) is 69.8 Å². The lowest BCUT2D eigenvalue weighted by Crippen LogP contribution is -2.34. The largest absolute Gasteiger partial charge is 0.514 e. The van der Waals surface area contributed by atoms with Crippen LogP contribution in [0.5, 0.6) is 11.5 Å². The fraction of sp³-hybridized carbons (Fsp3) is 0.486. The molecule has 0 bridgehead atoms. The van der Waals surface area contributed by atoms with E-state index in [9.17, 15) is 19.5 Å². The number of phenolic OH excluding ortho intramolecular Hbond substituents is 1. The summed E-state index contributed by atoms with van der Waals surface area (Å²) < 4.78 is 10.6. The lowest BCUT2D eigenvalue weighted by atomic mass is 10.0. The van der Waals surface area contributed by atoms with Gasteiger partial charge in [0.25, 0.3) is 0 Å². The third kappa shape index (κ3) is 11.4. The second kappa shape index (κ2) is 16.3. The van der Waals surface area contributed by atoms with Crippen LogP contribution in [0.3, 0.4) is 0 Å². The summed E-state index contributed by atoms with van der Waals surface area (Å²) in [4.78, 5) is 40.1. The van der Waals surface area contributed by atoms with Gasteiger partial charge in [-0.3, -0.25) is 9.59 Å². The monoisotopic (exact) mass is 618 g/mol. The van der Waals surface area contributed by atoms with Gasteiger partial charge in [0.2, 0.25) is 11.8 Å². The number of amides is 2. The first-order chi connectivity index (χ1) is 21.2. The van der Waals surface area contributed by atoms with Crippen LogP contribution in [-0.4, -0.2) is 64.7 Å². The van der Waals surface area contributed by atoms with Crippen LogP contribution in [0, 0.1) is 27.7 Å². The number of hydrogen-bond acceptors (Lipinski definition) is 6. The van der Waals surface area contributed by atoms with E-state index < -0.39 is 11.8 Å². The Morgan fingerprint density at radius 2 is 1.09 bits per heavy atom. The summed E-state index contributed by atoms with van der Waals surface area (Å²) in [6.45, 7) is 16.5. The normalized spacial score (nSPS) is 15.5. The topological polar surface area (TPSA) is 96.4 Å². The smallest absolute Gasteiger partial charge is 0.507 e. The molecular weight excluding hydrogens is 568 g/mol. The number of carbonyl (C=O) groups excluding carboxylic acids is 3. The zero-order valence-corrected chi connectivity index (χ0v) is 28.1. The van der Waals surface area contributed by atoms with E-state index in [1.807, 2.05) is 49.6 Å². The van der Waals surface area contributed by atoms with Crippen LogP contribution in [0.2, 0.25) is 0 Å². The molecule has 2 fully saturated rings. The van der Waals surface area contributed by atoms with Crippen LogP contribution in [0.1, 0.15) is 92.7 Å². The number of benzene rings is 2. The van der Waals surface area contributed by atoms with E-state index in [1.165, 1.54) is 12.8 Å². The molecule has 244 valence electrons. The molecule has 0 radical (unpaired) electrons. The van der Waals surface area contributed by atoms with Gasteiger partial charge in [0.15, 0.2) is 0 Å². The summed E-state index contributed by atoms with van der Waals surface area (Å²) in [5.41, 5.74) is 4.99. The molecule has 2 saturated heterocycles. The molecule has 8 nitrogen and oxygen atoms in total. The molecule has 2 amide bonds. The van der Waals surface area contributed by atoms with Crippen molar-refractivity contribution in [2.45, 2.75) is 92.6 Å². The molecule has 4 rings (SSSR count). The summed E-state index contributed by atoms with van der Waals surface area (Å²) in [6, 6.07) is 7.35. The van der Waals surface area contributed by atoms with E-state index in [-0.39, 0.29) is 17.6 Å². The summed E-state index contributed by atoms with van der Waals surface area (Å²) in [5, 5.41) is 9.86. The SMILES string of the molecule is Cc1cc(/C=C/C(=O)N2CCCCC2)c(OC(=O)OC(C)(C)C)cc1C.Cc1cc(O)c(/C=C/C(=O)N2CCCCC2)cc1C. The number of likely N-dealkylation sites (tertiary alicyclic amines) is 2. The fourth-order valence-corrected chi connectivity index (χ4v) is 5.11. The fourth-order valence-electron chi connectivity index (χ4n) is 5.11. The van der Waals surface area contributed by atoms with Crippen LogP contribution >= 0.6 is 0 Å². The average molecular weight is 619 g/mol. The Labute approximate surface area is 268 Å². The van der Waals surface area contributed by atoms with E-state index in [0.29, 0.717) is 16.9 Å². The third-order valence-corrected chi connectivity index (χ3v) is 8.00. The Bertz CT molecular complexity index is 1410. The molecule has 8 heteroatoms. The number of hydrogen-bond donors (Lipinski definition) is 1. The van der Waals surface area contributed by atoms with Crippen molar-refractivity contribution in [1.82, 2.24) is 9.80 Å². The van der Waals surface area contributed by atoms with Crippen molar-refractivity contribution in [2.24, 2.45) is 0 Å². The van der Waals surface area contributed by atoms with Crippen LogP contribution < -0.4 is 4.74 Å². The Balaban J connectivity index is 0.000000257. The van der Waals surface area contributed by atoms with Gasteiger partial charge in [0, 0.05) is 49.5 Å². The summed E-state index contributed by atoms with van der Waals surface area (Å²) >= 11 is 0. The summed E-state index contributed by atoms with van der Waals surface area (Å²) in [6.07, 6.45) is 12.5. The van der Waals surface area contributed by atoms with Crippen molar-refractivity contribution in [3.63, 3.8) is 0 Å². The van der Waals surface area contributed by atoms with E-state index in [0.717, 1.165) is 74.1 Å². The number of aryl methyl sites for hydroxylation is 4.